The zero-order chi connectivity index (χ0) is 7.15. The van der Waals surface area contributed by atoms with Crippen molar-refractivity contribution in [2.75, 3.05) is 0 Å². The number of hydrogen-bond acceptors (Lipinski definition) is 0. The van der Waals surface area contributed by atoms with Crippen molar-refractivity contribution < 1.29 is 0 Å². The van der Waals surface area contributed by atoms with Crippen molar-refractivity contribution in [2.45, 2.75) is 39.0 Å². The van der Waals surface area contributed by atoms with Crippen molar-refractivity contribution in [1.82, 2.24) is 0 Å². The Bertz CT molecular complexity index is 22.0. The predicted molar refractivity (Wildman–Crippen MR) is 49.7 cm³/mol. The van der Waals surface area contributed by atoms with Gasteiger partial charge in [0.15, 0.2) is 0 Å². The smallest absolute Gasteiger partial charge is 0.0321 e. The molecule has 0 rings (SSSR count). The standard InChI is InChI=1S/2C3H9P/c2*1-3(2)4/h2*3H,4H2,1-2H3. The third kappa shape index (κ3) is 319. The van der Waals surface area contributed by atoms with E-state index >= 15 is 0 Å². The number of hydrogen-bond donors (Lipinski definition) is 0. The van der Waals surface area contributed by atoms with Crippen LogP contribution < -0.4 is 0 Å². The zero-order valence-corrected chi connectivity index (χ0v) is 8.62. The monoisotopic (exact) mass is 152 g/mol. The third-order valence-corrected chi connectivity index (χ3v) is 0. The first-order chi connectivity index (χ1) is 3.46. The van der Waals surface area contributed by atoms with Crippen LogP contribution in [0.25, 0.3) is 0 Å². The number of rotatable bonds is 0. The molecule has 0 nitrogen and oxygen atoms in total. The Balaban J connectivity index is 0. The first-order valence-corrected chi connectivity index (χ1v) is 4.31. The second kappa shape index (κ2) is 7.86. The maximum absolute atomic E-state index is 2.66. The van der Waals surface area contributed by atoms with Gasteiger partial charge in [0.1, 0.15) is 0 Å². The molecule has 0 aliphatic carbocycles. The van der Waals surface area contributed by atoms with Crippen molar-refractivity contribution >= 4 is 18.5 Å². The molecule has 0 aliphatic rings. The first-order valence-electron chi connectivity index (χ1n) is 2.98. The van der Waals surface area contributed by atoms with E-state index in [2.05, 4.69) is 46.2 Å². The van der Waals surface area contributed by atoms with E-state index in [0.29, 0.717) is 0 Å². The molecule has 0 radical (unpaired) electrons. The molecule has 0 spiro atoms. The summed E-state index contributed by atoms with van der Waals surface area (Å²) < 4.78 is 0. The largest absolute Gasteiger partial charge is 0.135 e. The average Bonchev–Trinajstić information content (AvgIpc) is 1.25. The van der Waals surface area contributed by atoms with Crippen LogP contribution in [0, 0.1) is 0 Å². The molecule has 0 aromatic heterocycles. The van der Waals surface area contributed by atoms with Crippen LogP contribution in [0.3, 0.4) is 0 Å². The van der Waals surface area contributed by atoms with Crippen LogP contribution in [0.5, 0.6) is 0 Å². The minimum atomic E-state index is 0.750. The van der Waals surface area contributed by atoms with E-state index in [4.69, 9.17) is 0 Å². The molecule has 52 valence electrons. The minimum Gasteiger partial charge on any atom is -0.135 e. The van der Waals surface area contributed by atoms with Gasteiger partial charge in [-0.3, -0.25) is 0 Å². The van der Waals surface area contributed by atoms with E-state index < -0.39 is 0 Å². The molecular weight excluding hydrogens is 134 g/mol. The molecule has 0 bridgehead atoms. The Kier molecular flexibility index (Phi) is 11.4. The van der Waals surface area contributed by atoms with Crippen LogP contribution >= 0.6 is 18.5 Å². The predicted octanol–water partition coefficient (Wildman–Crippen LogP) is 2.54. The maximum Gasteiger partial charge on any atom is -0.0321 e. The highest BCUT2D eigenvalue weighted by Crippen LogP contribution is 1.90. The fourth-order valence-corrected chi connectivity index (χ4v) is 0. The SMILES string of the molecule is CC(C)P.CC(C)P. The summed E-state index contributed by atoms with van der Waals surface area (Å²) in [7, 11) is 5.31. The van der Waals surface area contributed by atoms with Gasteiger partial charge in [-0.2, -0.15) is 0 Å². The molecule has 2 unspecified atom stereocenters. The summed E-state index contributed by atoms with van der Waals surface area (Å²) >= 11 is 0. The van der Waals surface area contributed by atoms with Gasteiger partial charge in [-0.25, -0.2) is 0 Å². The average molecular weight is 152 g/mol. The van der Waals surface area contributed by atoms with Crippen LogP contribution in [0.15, 0.2) is 0 Å². The van der Waals surface area contributed by atoms with Gasteiger partial charge in [-0.15, -0.1) is 18.5 Å². The highest BCUT2D eigenvalue weighted by Gasteiger charge is 1.68. The summed E-state index contributed by atoms with van der Waals surface area (Å²) in [5.41, 5.74) is 1.50. The molecular formula is C6H18P2. The van der Waals surface area contributed by atoms with Crippen molar-refractivity contribution in [3.63, 3.8) is 0 Å². The van der Waals surface area contributed by atoms with Gasteiger partial charge in [-0.05, 0) is 11.3 Å². The maximum atomic E-state index is 2.66. The molecule has 2 heteroatoms. The van der Waals surface area contributed by atoms with Crippen LogP contribution in [-0.2, 0) is 0 Å². The Labute approximate surface area is 58.2 Å². The van der Waals surface area contributed by atoms with E-state index in [1.165, 1.54) is 0 Å². The second-order valence-electron chi connectivity index (χ2n) is 2.49. The first kappa shape index (κ1) is 11.6. The lowest BCUT2D eigenvalue weighted by Gasteiger charge is -1.79. The van der Waals surface area contributed by atoms with E-state index in [9.17, 15) is 0 Å². The van der Waals surface area contributed by atoms with Gasteiger partial charge in [0.05, 0.1) is 0 Å². The lowest BCUT2D eigenvalue weighted by molar-refractivity contribution is 1.12. The topological polar surface area (TPSA) is 0 Å². The van der Waals surface area contributed by atoms with E-state index in [0.717, 1.165) is 11.3 Å². The van der Waals surface area contributed by atoms with Crippen molar-refractivity contribution in [2.24, 2.45) is 0 Å². The summed E-state index contributed by atoms with van der Waals surface area (Å²) in [6.45, 7) is 8.52. The normalized spacial score (nSPS) is 9.00. The van der Waals surface area contributed by atoms with E-state index in [1.807, 2.05) is 0 Å². The van der Waals surface area contributed by atoms with E-state index in [-0.39, 0.29) is 0 Å². The summed E-state index contributed by atoms with van der Waals surface area (Å²) in [4.78, 5) is 0. The quantitative estimate of drug-likeness (QED) is 0.468. The van der Waals surface area contributed by atoms with Gasteiger partial charge >= 0.3 is 0 Å². The summed E-state index contributed by atoms with van der Waals surface area (Å²) in [6.07, 6.45) is 0. The third-order valence-electron chi connectivity index (χ3n) is 0. The molecule has 0 amide bonds. The van der Waals surface area contributed by atoms with Crippen LogP contribution in [0.2, 0.25) is 0 Å². The van der Waals surface area contributed by atoms with Gasteiger partial charge < -0.3 is 0 Å². The van der Waals surface area contributed by atoms with Gasteiger partial charge in [0, 0.05) is 0 Å². The molecule has 8 heavy (non-hydrogen) atoms. The molecule has 2 atom stereocenters. The lowest BCUT2D eigenvalue weighted by Crippen LogP contribution is -1.69. The van der Waals surface area contributed by atoms with Gasteiger partial charge in [0.25, 0.3) is 0 Å². The van der Waals surface area contributed by atoms with Gasteiger partial charge in [-0.1, -0.05) is 27.7 Å². The molecule has 0 aromatic carbocycles. The lowest BCUT2D eigenvalue weighted by atomic mass is 10.6. The zero-order valence-electron chi connectivity index (χ0n) is 6.31. The highest BCUT2D eigenvalue weighted by molar-refractivity contribution is 7.17. The Morgan fingerprint density at radius 1 is 0.750 bits per heavy atom. The van der Waals surface area contributed by atoms with Crippen LogP contribution in [-0.4, -0.2) is 11.3 Å². The highest BCUT2D eigenvalue weighted by atomic mass is 31.0. The molecule has 0 saturated heterocycles. The fourth-order valence-electron chi connectivity index (χ4n) is 0. The fraction of sp³-hybridized carbons (Fsp3) is 1.00. The van der Waals surface area contributed by atoms with Crippen molar-refractivity contribution in [3.8, 4) is 0 Å². The Morgan fingerprint density at radius 3 is 0.750 bits per heavy atom. The molecule has 0 fully saturated rings. The molecule has 0 aliphatic heterocycles. The van der Waals surface area contributed by atoms with Crippen LogP contribution in [0.1, 0.15) is 27.7 Å². The van der Waals surface area contributed by atoms with Gasteiger partial charge in [0.2, 0.25) is 0 Å². The summed E-state index contributed by atoms with van der Waals surface area (Å²) in [6, 6.07) is 0. The summed E-state index contributed by atoms with van der Waals surface area (Å²) in [5.74, 6) is 0. The van der Waals surface area contributed by atoms with E-state index in [1.54, 1.807) is 0 Å². The Hall–Kier alpha value is 0.860. The minimum absolute atomic E-state index is 0.750. The summed E-state index contributed by atoms with van der Waals surface area (Å²) in [5, 5.41) is 0. The molecule has 0 saturated carbocycles. The van der Waals surface area contributed by atoms with Crippen LogP contribution in [0.4, 0.5) is 0 Å². The Morgan fingerprint density at radius 2 is 0.750 bits per heavy atom. The van der Waals surface area contributed by atoms with Crippen molar-refractivity contribution in [1.29, 1.82) is 0 Å². The second-order valence-corrected chi connectivity index (χ2v) is 5.15. The molecule has 0 N–H and O–H groups in total. The van der Waals surface area contributed by atoms with Crippen molar-refractivity contribution in [3.05, 3.63) is 0 Å². The molecule has 0 heterocycles. The molecule has 0 aromatic rings.